The summed E-state index contributed by atoms with van der Waals surface area (Å²) < 4.78 is 0. The Labute approximate surface area is 152 Å². The molecule has 1 aromatic carbocycles. The van der Waals surface area contributed by atoms with Gasteiger partial charge in [0, 0.05) is 5.90 Å². The standard InChI is InChI=1S/C15H12Cl2N6O2/c16-10-2-1-3-11(17)12(10)22-23-13(15(19)25)14(18)21-8-4-5-9(7-24)20-6-8/h1-7,22H,(H2,18,21)(H2,19,25)/p-1/b23-13+. The number of aromatic nitrogens is 1. The molecule has 4 N–H and O–H groups in total. The van der Waals surface area contributed by atoms with Crippen LogP contribution in [0.4, 0.5) is 11.4 Å². The average molecular weight is 378 g/mol. The Morgan fingerprint density at radius 1 is 1.28 bits per heavy atom. The Morgan fingerprint density at radius 2 is 1.96 bits per heavy atom. The number of nitrogens with zero attached hydrogens (tertiary/aromatic N) is 3. The van der Waals surface area contributed by atoms with Crippen LogP contribution < -0.4 is 16.3 Å². The minimum Gasteiger partial charge on any atom is -0.857 e. The third-order valence-electron chi connectivity index (χ3n) is 2.84. The highest BCUT2D eigenvalue weighted by atomic mass is 35.5. The lowest BCUT2D eigenvalue weighted by atomic mass is 10.3. The highest BCUT2D eigenvalue weighted by Gasteiger charge is 2.08. The van der Waals surface area contributed by atoms with Gasteiger partial charge in [0.05, 0.1) is 27.6 Å². The van der Waals surface area contributed by atoms with Crippen LogP contribution in [0.15, 0.2) is 46.6 Å². The molecule has 1 heterocycles. The molecule has 0 aliphatic heterocycles. The molecule has 25 heavy (non-hydrogen) atoms. The van der Waals surface area contributed by atoms with Gasteiger partial charge < -0.3 is 16.2 Å². The molecule has 0 bridgehead atoms. The summed E-state index contributed by atoms with van der Waals surface area (Å²) in [5.74, 6) is -1.47. The smallest absolute Gasteiger partial charge is 0.168 e. The maximum absolute atomic E-state index is 11.5. The summed E-state index contributed by atoms with van der Waals surface area (Å²) >= 11 is 12.0. The molecule has 0 aliphatic rings. The van der Waals surface area contributed by atoms with Gasteiger partial charge in [-0.15, -0.1) is 0 Å². The minimum atomic E-state index is -1.16. The van der Waals surface area contributed by atoms with Crippen molar-refractivity contribution in [2.24, 2.45) is 15.8 Å². The number of carbonyl (C=O) groups excluding carboxylic acids is 1. The maximum Gasteiger partial charge on any atom is 0.168 e. The van der Waals surface area contributed by atoms with Crippen molar-refractivity contribution in [3.63, 3.8) is 0 Å². The number of hydrazone groups is 1. The predicted octanol–water partition coefficient (Wildman–Crippen LogP) is 2.00. The number of nitrogens with two attached hydrogens (primary N) is 1. The molecular weight excluding hydrogens is 367 g/mol. The van der Waals surface area contributed by atoms with Crippen LogP contribution in [0.25, 0.3) is 0 Å². The van der Waals surface area contributed by atoms with Crippen LogP contribution in [-0.4, -0.2) is 28.7 Å². The fourth-order valence-corrected chi connectivity index (χ4v) is 2.15. The Hall–Kier alpha value is -2.97. The van der Waals surface area contributed by atoms with Crippen molar-refractivity contribution in [3.05, 3.63) is 52.3 Å². The number of hydrogen-bond donors (Lipinski definition) is 3. The molecule has 0 saturated carbocycles. The fourth-order valence-electron chi connectivity index (χ4n) is 1.67. The molecule has 1 aromatic heterocycles. The highest BCUT2D eigenvalue weighted by Crippen LogP contribution is 2.29. The van der Waals surface area contributed by atoms with Crippen molar-refractivity contribution in [1.82, 2.24) is 4.98 Å². The number of anilines is 1. The zero-order chi connectivity index (χ0) is 18.4. The van der Waals surface area contributed by atoms with Gasteiger partial charge >= 0.3 is 0 Å². The minimum absolute atomic E-state index is 0.220. The molecule has 0 unspecified atom stereocenters. The van der Waals surface area contributed by atoms with Crippen molar-refractivity contribution in [2.75, 3.05) is 5.43 Å². The van der Waals surface area contributed by atoms with Gasteiger partial charge in [0.25, 0.3) is 0 Å². The number of aldehydes is 1. The first kappa shape index (κ1) is 18.4. The number of para-hydroxylation sites is 1. The summed E-state index contributed by atoms with van der Waals surface area (Å²) in [6.07, 6.45) is 1.87. The van der Waals surface area contributed by atoms with E-state index in [0.717, 1.165) is 0 Å². The van der Waals surface area contributed by atoms with Gasteiger partial charge in [-0.25, -0.2) is 4.99 Å². The monoisotopic (exact) mass is 377 g/mol. The van der Waals surface area contributed by atoms with Gasteiger partial charge in [-0.05, 0) is 24.3 Å². The first-order chi connectivity index (χ1) is 11.9. The molecule has 0 amide bonds. The maximum atomic E-state index is 11.5. The lowest BCUT2D eigenvalue weighted by molar-refractivity contribution is -0.210. The van der Waals surface area contributed by atoms with E-state index >= 15 is 0 Å². The van der Waals surface area contributed by atoms with Crippen molar-refractivity contribution in [2.45, 2.75) is 0 Å². The van der Waals surface area contributed by atoms with Crippen LogP contribution in [0.5, 0.6) is 0 Å². The van der Waals surface area contributed by atoms with Gasteiger partial charge in [-0.2, -0.15) is 5.10 Å². The van der Waals surface area contributed by atoms with Crippen LogP contribution in [0.3, 0.4) is 0 Å². The van der Waals surface area contributed by atoms with E-state index in [0.29, 0.717) is 6.29 Å². The summed E-state index contributed by atoms with van der Waals surface area (Å²) in [6.45, 7) is 0. The molecule has 0 atom stereocenters. The first-order valence-electron chi connectivity index (χ1n) is 6.71. The second kappa shape index (κ2) is 8.22. The Bertz CT molecular complexity index is 845. The fraction of sp³-hybridized carbons (Fsp3) is 0. The van der Waals surface area contributed by atoms with Crippen molar-refractivity contribution in [1.29, 1.82) is 5.41 Å². The highest BCUT2D eigenvalue weighted by molar-refractivity contribution is 6.65. The van der Waals surface area contributed by atoms with E-state index in [1.807, 2.05) is 0 Å². The van der Waals surface area contributed by atoms with Crippen LogP contribution in [-0.2, 0) is 0 Å². The number of pyridine rings is 1. The Kier molecular flexibility index (Phi) is 6.04. The predicted molar refractivity (Wildman–Crippen MR) is 96.2 cm³/mol. The number of rotatable bonds is 6. The first-order valence-corrected chi connectivity index (χ1v) is 7.47. The lowest BCUT2D eigenvalue weighted by Crippen LogP contribution is -2.38. The molecule has 8 nitrogen and oxygen atoms in total. The quantitative estimate of drug-likeness (QED) is 0.305. The van der Waals surface area contributed by atoms with E-state index in [2.05, 4.69) is 20.5 Å². The second-order valence-electron chi connectivity index (χ2n) is 4.55. The van der Waals surface area contributed by atoms with E-state index in [1.165, 1.54) is 18.3 Å². The number of halogens is 2. The largest absolute Gasteiger partial charge is 0.857 e. The molecule has 10 heteroatoms. The van der Waals surface area contributed by atoms with Gasteiger partial charge in [-0.1, -0.05) is 29.3 Å². The van der Waals surface area contributed by atoms with Crippen LogP contribution in [0.2, 0.25) is 10.0 Å². The van der Waals surface area contributed by atoms with Crippen molar-refractivity contribution in [3.8, 4) is 0 Å². The van der Waals surface area contributed by atoms with Crippen LogP contribution in [0.1, 0.15) is 10.5 Å². The summed E-state index contributed by atoms with van der Waals surface area (Å²) in [5.41, 5.74) is 8.57. The summed E-state index contributed by atoms with van der Waals surface area (Å²) in [4.78, 5) is 18.3. The summed E-state index contributed by atoms with van der Waals surface area (Å²) in [6, 6.07) is 7.70. The third-order valence-corrected chi connectivity index (χ3v) is 3.47. The van der Waals surface area contributed by atoms with Gasteiger partial charge in [0.1, 0.15) is 11.4 Å². The summed E-state index contributed by atoms with van der Waals surface area (Å²) in [5, 5.41) is 23.1. The topological polar surface area (TPSA) is 140 Å². The average Bonchev–Trinajstić information content (AvgIpc) is 2.57. The molecule has 0 radical (unpaired) electrons. The van der Waals surface area contributed by atoms with Crippen molar-refractivity contribution >= 4 is 58.3 Å². The zero-order valence-corrected chi connectivity index (χ0v) is 14.0. The SMILES string of the molecule is N=C([O-])/C(=N/Nc1c(Cl)cccc1Cl)C(N)=Nc1ccc(C=O)nc1. The molecule has 0 saturated heterocycles. The van der Waals surface area contributed by atoms with E-state index in [4.69, 9.17) is 34.3 Å². The Morgan fingerprint density at radius 3 is 2.48 bits per heavy atom. The van der Waals surface area contributed by atoms with Crippen LogP contribution in [0, 0.1) is 5.41 Å². The van der Waals surface area contributed by atoms with Crippen LogP contribution >= 0.6 is 23.2 Å². The molecule has 128 valence electrons. The molecule has 0 aliphatic carbocycles. The van der Waals surface area contributed by atoms with Gasteiger partial charge in [0.2, 0.25) is 0 Å². The third kappa shape index (κ3) is 4.75. The van der Waals surface area contributed by atoms with Crippen molar-refractivity contribution < 1.29 is 9.90 Å². The number of carbonyl (C=O) groups is 1. The number of aliphatic imine (C=N–C) groups is 1. The Balaban J connectivity index is 2.31. The van der Waals surface area contributed by atoms with E-state index in [1.54, 1.807) is 18.2 Å². The van der Waals surface area contributed by atoms with Gasteiger partial charge in [-0.3, -0.25) is 15.2 Å². The zero-order valence-electron chi connectivity index (χ0n) is 12.5. The number of benzene rings is 1. The van der Waals surface area contributed by atoms with E-state index in [-0.39, 0.29) is 32.9 Å². The molecule has 0 fully saturated rings. The molecule has 0 spiro atoms. The number of amidine groups is 1. The number of nitrogens with one attached hydrogen (secondary N) is 2. The summed E-state index contributed by atoms with van der Waals surface area (Å²) in [7, 11) is 0. The number of hydrogen-bond acceptors (Lipinski definition) is 7. The van der Waals surface area contributed by atoms with E-state index < -0.39 is 11.6 Å². The second-order valence-corrected chi connectivity index (χ2v) is 5.37. The lowest BCUT2D eigenvalue weighted by Gasteiger charge is -2.12. The molecule has 2 aromatic rings. The van der Waals surface area contributed by atoms with E-state index in [9.17, 15) is 9.90 Å². The normalized spacial score (nSPS) is 11.9. The van der Waals surface area contributed by atoms with Gasteiger partial charge in [0.15, 0.2) is 12.1 Å². The molecular formula is C15H11Cl2N6O2-. The molecule has 2 rings (SSSR count).